The Labute approximate surface area is 116 Å². The number of allylic oxidation sites excluding steroid dienone is 3. The molecule has 1 unspecified atom stereocenters. The van der Waals surface area contributed by atoms with Crippen LogP contribution in [0.2, 0.25) is 0 Å². The molecule has 5 nitrogen and oxygen atoms in total. The predicted molar refractivity (Wildman–Crippen MR) is 74.9 cm³/mol. The van der Waals surface area contributed by atoms with Crippen LogP contribution in [0.4, 0.5) is 5.69 Å². The van der Waals surface area contributed by atoms with Gasteiger partial charge in [0, 0.05) is 11.6 Å². The van der Waals surface area contributed by atoms with Crippen molar-refractivity contribution in [3.63, 3.8) is 0 Å². The van der Waals surface area contributed by atoms with Crippen LogP contribution in [-0.2, 0) is 4.79 Å². The van der Waals surface area contributed by atoms with E-state index in [0.29, 0.717) is 5.69 Å². The van der Waals surface area contributed by atoms with Crippen molar-refractivity contribution in [1.82, 2.24) is 0 Å². The molecule has 0 aromatic heterocycles. The first-order chi connectivity index (χ1) is 9.52. The summed E-state index contributed by atoms with van der Waals surface area (Å²) in [6, 6.07) is 4.70. The van der Waals surface area contributed by atoms with E-state index in [1.54, 1.807) is 12.1 Å². The molecule has 0 bridgehead atoms. The topological polar surface area (TPSA) is 86.6 Å². The van der Waals surface area contributed by atoms with Crippen molar-refractivity contribution in [1.29, 1.82) is 0 Å². The van der Waals surface area contributed by atoms with Crippen LogP contribution in [0.25, 0.3) is 0 Å². The van der Waals surface area contributed by atoms with Crippen molar-refractivity contribution in [2.45, 2.75) is 19.3 Å². The summed E-state index contributed by atoms with van der Waals surface area (Å²) in [5.74, 6) is -2.27. The summed E-state index contributed by atoms with van der Waals surface area (Å²) < 4.78 is 0. The molecule has 1 aromatic carbocycles. The highest BCUT2D eigenvalue weighted by atomic mass is 16.4. The number of benzene rings is 1. The SMILES string of the molecule is CC/C=C\C1C=C(C(=O)O)Nc2cc(C(=O)O)ccc21. The highest BCUT2D eigenvalue weighted by Crippen LogP contribution is 2.34. The molecule has 2 rings (SSSR count). The summed E-state index contributed by atoms with van der Waals surface area (Å²) in [5, 5.41) is 20.9. The minimum absolute atomic E-state index is 0.0609. The van der Waals surface area contributed by atoms with Crippen LogP contribution in [0, 0.1) is 0 Å². The minimum atomic E-state index is -1.06. The van der Waals surface area contributed by atoms with Gasteiger partial charge < -0.3 is 15.5 Å². The lowest BCUT2D eigenvalue weighted by molar-refractivity contribution is -0.132. The Morgan fingerprint density at radius 2 is 2.05 bits per heavy atom. The lowest BCUT2D eigenvalue weighted by atomic mass is 9.91. The van der Waals surface area contributed by atoms with E-state index in [1.165, 1.54) is 12.1 Å². The molecule has 0 spiro atoms. The number of carboxylic acids is 2. The maximum atomic E-state index is 11.1. The van der Waals surface area contributed by atoms with Crippen LogP contribution in [0.1, 0.15) is 35.2 Å². The molecule has 0 saturated heterocycles. The molecule has 1 aliphatic heterocycles. The van der Waals surface area contributed by atoms with Crippen molar-refractivity contribution in [3.8, 4) is 0 Å². The van der Waals surface area contributed by atoms with Gasteiger partial charge in [-0.15, -0.1) is 0 Å². The zero-order valence-electron chi connectivity index (χ0n) is 11.0. The van der Waals surface area contributed by atoms with Gasteiger partial charge in [-0.2, -0.15) is 0 Å². The molecule has 0 aliphatic carbocycles. The van der Waals surface area contributed by atoms with Crippen LogP contribution in [-0.4, -0.2) is 22.2 Å². The Kier molecular flexibility index (Phi) is 3.89. The Morgan fingerprint density at radius 1 is 1.30 bits per heavy atom. The summed E-state index contributed by atoms with van der Waals surface area (Å²) >= 11 is 0. The van der Waals surface area contributed by atoms with Crippen LogP contribution in [0.3, 0.4) is 0 Å². The third-order valence-electron chi connectivity index (χ3n) is 3.08. The molecule has 104 valence electrons. The van der Waals surface area contributed by atoms with E-state index in [9.17, 15) is 9.59 Å². The van der Waals surface area contributed by atoms with Gasteiger partial charge in [-0.3, -0.25) is 0 Å². The smallest absolute Gasteiger partial charge is 0.352 e. The third kappa shape index (κ3) is 2.71. The van der Waals surface area contributed by atoms with Crippen LogP contribution < -0.4 is 5.32 Å². The van der Waals surface area contributed by atoms with Gasteiger partial charge in [-0.25, -0.2) is 9.59 Å². The van der Waals surface area contributed by atoms with Crippen molar-refractivity contribution in [2.24, 2.45) is 0 Å². The van der Waals surface area contributed by atoms with Gasteiger partial charge >= 0.3 is 11.9 Å². The number of hydrogen-bond donors (Lipinski definition) is 3. The molecule has 0 fully saturated rings. The van der Waals surface area contributed by atoms with Crippen LogP contribution >= 0.6 is 0 Å². The summed E-state index contributed by atoms with van der Waals surface area (Å²) in [4.78, 5) is 22.1. The number of rotatable bonds is 4. The highest BCUT2D eigenvalue weighted by molar-refractivity contribution is 5.94. The van der Waals surface area contributed by atoms with Gasteiger partial charge in [-0.05, 0) is 30.2 Å². The van der Waals surface area contributed by atoms with Gasteiger partial charge in [0.1, 0.15) is 5.70 Å². The maximum absolute atomic E-state index is 11.1. The van der Waals surface area contributed by atoms with Crippen molar-refractivity contribution < 1.29 is 19.8 Å². The highest BCUT2D eigenvalue weighted by Gasteiger charge is 2.22. The quantitative estimate of drug-likeness (QED) is 0.734. The number of carbonyl (C=O) groups is 2. The summed E-state index contributed by atoms with van der Waals surface area (Å²) in [6.07, 6.45) is 6.35. The van der Waals surface area contributed by atoms with Gasteiger partial charge in [-0.1, -0.05) is 25.1 Å². The fraction of sp³-hybridized carbons (Fsp3) is 0.200. The molecular formula is C15H15NO4. The summed E-state index contributed by atoms with van der Waals surface area (Å²) in [6.45, 7) is 1.99. The van der Waals surface area contributed by atoms with Gasteiger partial charge in [0.2, 0.25) is 0 Å². The number of aliphatic carboxylic acids is 1. The van der Waals surface area contributed by atoms with E-state index < -0.39 is 11.9 Å². The average Bonchev–Trinajstić information content (AvgIpc) is 2.43. The van der Waals surface area contributed by atoms with Gasteiger partial charge in [0.15, 0.2) is 0 Å². The maximum Gasteiger partial charge on any atom is 0.352 e. The number of anilines is 1. The Morgan fingerprint density at radius 3 is 2.65 bits per heavy atom. The standard InChI is InChI=1S/C15H15NO4/c1-2-3-4-9-7-13(15(19)20)16-12-8-10(14(17)18)5-6-11(9)12/h3-9,16H,2H2,1H3,(H,17,18)(H,19,20)/b4-3-. The van der Waals surface area contributed by atoms with E-state index in [-0.39, 0.29) is 17.2 Å². The second-order valence-corrected chi connectivity index (χ2v) is 4.48. The normalized spacial score (nSPS) is 17.2. The van der Waals surface area contributed by atoms with Crippen LogP contribution in [0.15, 0.2) is 42.1 Å². The zero-order valence-corrected chi connectivity index (χ0v) is 11.0. The van der Waals surface area contributed by atoms with E-state index >= 15 is 0 Å². The van der Waals surface area contributed by atoms with E-state index in [0.717, 1.165) is 12.0 Å². The second-order valence-electron chi connectivity index (χ2n) is 4.48. The van der Waals surface area contributed by atoms with Crippen molar-refractivity contribution in [2.75, 3.05) is 5.32 Å². The lowest BCUT2D eigenvalue weighted by Gasteiger charge is -2.23. The first-order valence-corrected chi connectivity index (χ1v) is 6.29. The Balaban J connectivity index is 2.47. The zero-order chi connectivity index (χ0) is 14.7. The first-order valence-electron chi connectivity index (χ1n) is 6.29. The number of fused-ring (bicyclic) bond motifs is 1. The molecule has 1 heterocycles. The molecule has 20 heavy (non-hydrogen) atoms. The molecule has 1 aliphatic rings. The number of aromatic carboxylic acids is 1. The molecule has 5 heteroatoms. The molecular weight excluding hydrogens is 258 g/mol. The molecule has 0 saturated carbocycles. The van der Waals surface area contributed by atoms with Gasteiger partial charge in [0.05, 0.1) is 5.56 Å². The van der Waals surface area contributed by atoms with E-state index in [2.05, 4.69) is 5.32 Å². The second kappa shape index (κ2) is 5.61. The minimum Gasteiger partial charge on any atom is -0.478 e. The summed E-state index contributed by atoms with van der Waals surface area (Å²) in [5.41, 5.74) is 1.58. The van der Waals surface area contributed by atoms with E-state index in [4.69, 9.17) is 10.2 Å². The van der Waals surface area contributed by atoms with Gasteiger partial charge in [0.25, 0.3) is 0 Å². The Bertz CT molecular complexity index is 616. The molecule has 3 N–H and O–H groups in total. The Hall–Kier alpha value is -2.56. The lowest BCUT2D eigenvalue weighted by Crippen LogP contribution is -2.18. The van der Waals surface area contributed by atoms with Crippen molar-refractivity contribution in [3.05, 3.63) is 53.3 Å². The molecule has 0 amide bonds. The monoisotopic (exact) mass is 273 g/mol. The van der Waals surface area contributed by atoms with E-state index in [1.807, 2.05) is 19.1 Å². The number of carboxylic acid groups (broad SMARTS) is 2. The van der Waals surface area contributed by atoms with Crippen molar-refractivity contribution >= 4 is 17.6 Å². The summed E-state index contributed by atoms with van der Waals surface area (Å²) in [7, 11) is 0. The molecule has 1 atom stereocenters. The van der Waals surface area contributed by atoms with Crippen LogP contribution in [0.5, 0.6) is 0 Å². The number of nitrogens with one attached hydrogen (secondary N) is 1. The third-order valence-corrected chi connectivity index (χ3v) is 3.08. The first kappa shape index (κ1) is 13.9. The fourth-order valence-electron chi connectivity index (χ4n) is 2.11. The largest absolute Gasteiger partial charge is 0.478 e. The average molecular weight is 273 g/mol. The number of hydrogen-bond acceptors (Lipinski definition) is 3. The molecule has 0 radical (unpaired) electrons. The fourth-order valence-corrected chi connectivity index (χ4v) is 2.11. The predicted octanol–water partition coefficient (Wildman–Crippen LogP) is 2.83. The molecule has 1 aromatic rings.